The van der Waals surface area contributed by atoms with Crippen LogP contribution in [0.4, 0.5) is 17.1 Å². The molecule has 58 heavy (non-hydrogen) atoms. The SMILES string of the molecule is CC1(C)CCC(C)(C)c2c(N(c3ccc(-c4ccccc4)c4c3Oc3ccccc3C43C4CC5CC6CC3C64C5)c3cccc4c3C(C)(C)CCC4(C)C)cccc21. The highest BCUT2D eigenvalue weighted by atomic mass is 16.5. The van der Waals surface area contributed by atoms with Crippen LogP contribution in [-0.4, -0.2) is 0 Å². The van der Waals surface area contributed by atoms with Crippen LogP contribution in [0.5, 0.6) is 11.5 Å². The van der Waals surface area contributed by atoms with E-state index >= 15 is 0 Å². The molecule has 0 aromatic heterocycles. The van der Waals surface area contributed by atoms with E-state index in [-0.39, 0.29) is 27.1 Å². The first-order chi connectivity index (χ1) is 27.7. The van der Waals surface area contributed by atoms with Crippen molar-refractivity contribution in [3.63, 3.8) is 0 Å². The molecule has 2 bridgehead atoms. The molecule has 5 aromatic carbocycles. The Hall–Kier alpha value is -4.30. The summed E-state index contributed by atoms with van der Waals surface area (Å²) >= 11 is 0. The maximum atomic E-state index is 7.65. The number of hydrogen-bond acceptors (Lipinski definition) is 2. The number of rotatable bonds is 4. The summed E-state index contributed by atoms with van der Waals surface area (Å²) in [6, 6.07) is 40.1. The summed E-state index contributed by atoms with van der Waals surface area (Å²) in [5, 5.41) is 0. The Morgan fingerprint density at radius 1 is 0.500 bits per heavy atom. The van der Waals surface area contributed by atoms with Gasteiger partial charge in [0.15, 0.2) is 5.75 Å². The molecular weight excluding hydrogens is 703 g/mol. The molecule has 1 aliphatic heterocycles. The second-order valence-corrected chi connectivity index (χ2v) is 22.6. The zero-order valence-electron chi connectivity index (χ0n) is 36.1. The quantitative estimate of drug-likeness (QED) is 0.181. The molecule has 12 rings (SSSR count). The van der Waals surface area contributed by atoms with Gasteiger partial charge in [0.2, 0.25) is 0 Å². The molecule has 4 fully saturated rings. The molecule has 2 heteroatoms. The average molecular weight is 764 g/mol. The molecule has 1 heterocycles. The van der Waals surface area contributed by atoms with Gasteiger partial charge in [-0.15, -0.1) is 0 Å². The lowest BCUT2D eigenvalue weighted by atomic mass is 9.26. The highest BCUT2D eigenvalue weighted by Gasteiger charge is 2.84. The number of hydrogen-bond donors (Lipinski definition) is 0. The minimum atomic E-state index is -0.0581. The van der Waals surface area contributed by atoms with Gasteiger partial charge in [-0.25, -0.2) is 0 Å². The topological polar surface area (TPSA) is 12.5 Å². The van der Waals surface area contributed by atoms with Crippen molar-refractivity contribution in [1.29, 1.82) is 0 Å². The number of benzene rings is 5. The molecule has 0 N–H and O–H groups in total. The van der Waals surface area contributed by atoms with Crippen molar-refractivity contribution < 1.29 is 4.74 Å². The van der Waals surface area contributed by atoms with E-state index in [0.717, 1.165) is 36.2 Å². The number of anilines is 3. The molecule has 7 aliphatic rings. The molecule has 6 atom stereocenters. The van der Waals surface area contributed by atoms with Crippen molar-refractivity contribution in [3.05, 3.63) is 137 Å². The summed E-state index contributed by atoms with van der Waals surface area (Å²) in [6.07, 6.45) is 10.3. The second-order valence-electron chi connectivity index (χ2n) is 22.6. The summed E-state index contributed by atoms with van der Waals surface area (Å²) < 4.78 is 7.65. The van der Waals surface area contributed by atoms with Crippen molar-refractivity contribution >= 4 is 17.1 Å². The minimum absolute atomic E-state index is 0.00638. The maximum Gasteiger partial charge on any atom is 0.156 e. The zero-order valence-corrected chi connectivity index (χ0v) is 36.1. The van der Waals surface area contributed by atoms with E-state index in [1.54, 1.807) is 0 Å². The van der Waals surface area contributed by atoms with Crippen LogP contribution in [0.3, 0.4) is 0 Å². The van der Waals surface area contributed by atoms with Gasteiger partial charge in [-0.3, -0.25) is 0 Å². The highest BCUT2D eigenvalue weighted by Crippen LogP contribution is 2.90. The third-order valence-electron chi connectivity index (χ3n) is 18.1. The molecule has 0 amide bonds. The monoisotopic (exact) mass is 763 g/mol. The Balaban J connectivity index is 1.21. The molecule has 6 unspecified atom stereocenters. The van der Waals surface area contributed by atoms with Gasteiger partial charge in [0.1, 0.15) is 5.75 Å². The van der Waals surface area contributed by atoms with E-state index in [0.29, 0.717) is 17.3 Å². The zero-order chi connectivity index (χ0) is 39.8. The van der Waals surface area contributed by atoms with Crippen LogP contribution in [0.15, 0.2) is 103 Å². The standard InChI is InChI=1S/C56H61NO/c1-51(2)26-28-53(5,6)48-39(51)19-14-21-41(48)57(42-22-15-20-40-49(42)54(7,8)29-27-52(40,3)4)43-25-24-37(35-16-10-9-11-17-35)47-50(43)58-44-23-13-12-18-38(44)56(47)45-31-34-30-36-32-46(56)55(36,45)33-34/h9-25,34,36,45-46H,26-33H2,1-8H3. The highest BCUT2D eigenvalue weighted by molar-refractivity contribution is 5.91. The molecule has 6 aliphatic carbocycles. The first-order valence-corrected chi connectivity index (χ1v) is 22.8. The van der Waals surface area contributed by atoms with E-state index < -0.39 is 0 Å². The van der Waals surface area contributed by atoms with E-state index in [1.807, 2.05) is 0 Å². The molecule has 2 spiro atoms. The average Bonchev–Trinajstić information content (AvgIpc) is 3.74. The largest absolute Gasteiger partial charge is 0.454 e. The Morgan fingerprint density at radius 2 is 1.07 bits per heavy atom. The molecule has 0 saturated heterocycles. The fraction of sp³-hybridized carbons (Fsp3) is 0.464. The third-order valence-corrected chi connectivity index (χ3v) is 18.1. The fourth-order valence-corrected chi connectivity index (χ4v) is 15.4. The van der Waals surface area contributed by atoms with Crippen LogP contribution in [0.1, 0.15) is 140 Å². The summed E-state index contributed by atoms with van der Waals surface area (Å²) in [4.78, 5) is 2.73. The van der Waals surface area contributed by atoms with Crippen LogP contribution in [0.25, 0.3) is 11.1 Å². The summed E-state index contributed by atoms with van der Waals surface area (Å²) in [5.74, 6) is 5.28. The van der Waals surface area contributed by atoms with Gasteiger partial charge in [0.25, 0.3) is 0 Å². The Kier molecular flexibility index (Phi) is 6.93. The van der Waals surface area contributed by atoms with Crippen LogP contribution in [-0.2, 0) is 27.1 Å². The van der Waals surface area contributed by atoms with Crippen LogP contribution >= 0.6 is 0 Å². The van der Waals surface area contributed by atoms with E-state index in [2.05, 4.69) is 163 Å². The number of nitrogens with zero attached hydrogens (tertiary/aromatic N) is 1. The van der Waals surface area contributed by atoms with Crippen LogP contribution in [0, 0.1) is 29.1 Å². The van der Waals surface area contributed by atoms with E-state index in [4.69, 9.17) is 4.74 Å². The summed E-state index contributed by atoms with van der Waals surface area (Å²) in [6.45, 7) is 19.9. The van der Waals surface area contributed by atoms with Crippen molar-refractivity contribution in [1.82, 2.24) is 0 Å². The van der Waals surface area contributed by atoms with Gasteiger partial charge < -0.3 is 9.64 Å². The van der Waals surface area contributed by atoms with Crippen molar-refractivity contribution in [2.24, 2.45) is 29.1 Å². The Bertz CT molecular complexity index is 2480. The molecule has 296 valence electrons. The molecule has 0 radical (unpaired) electrons. The lowest BCUT2D eigenvalue weighted by Gasteiger charge is -2.77. The summed E-state index contributed by atoms with van der Waals surface area (Å²) in [5.41, 5.74) is 16.1. The molecule has 5 aromatic rings. The second kappa shape index (κ2) is 11.3. The summed E-state index contributed by atoms with van der Waals surface area (Å²) in [7, 11) is 0. The predicted molar refractivity (Wildman–Crippen MR) is 239 cm³/mol. The van der Waals surface area contributed by atoms with Crippen LogP contribution in [0.2, 0.25) is 0 Å². The number of fused-ring (bicyclic) bond motifs is 9. The smallest absolute Gasteiger partial charge is 0.156 e. The van der Waals surface area contributed by atoms with Crippen molar-refractivity contribution in [2.75, 3.05) is 4.90 Å². The Labute approximate surface area is 347 Å². The first-order valence-electron chi connectivity index (χ1n) is 22.8. The minimum Gasteiger partial charge on any atom is -0.454 e. The lowest BCUT2D eigenvalue weighted by molar-refractivity contribution is -0.234. The Morgan fingerprint density at radius 3 is 1.71 bits per heavy atom. The van der Waals surface area contributed by atoms with Crippen LogP contribution < -0.4 is 9.64 Å². The fourth-order valence-electron chi connectivity index (χ4n) is 15.4. The van der Waals surface area contributed by atoms with Crippen molar-refractivity contribution in [3.8, 4) is 22.6 Å². The van der Waals surface area contributed by atoms with Gasteiger partial charge in [-0.2, -0.15) is 0 Å². The normalized spacial score (nSPS) is 31.4. The van der Waals surface area contributed by atoms with E-state index in [9.17, 15) is 0 Å². The number of para-hydroxylation sites is 1. The van der Waals surface area contributed by atoms with Gasteiger partial charge in [0, 0.05) is 16.5 Å². The molecule has 2 nitrogen and oxygen atoms in total. The lowest BCUT2D eigenvalue weighted by Crippen LogP contribution is -2.74. The van der Waals surface area contributed by atoms with Gasteiger partial charge in [-0.05, 0) is 160 Å². The third kappa shape index (κ3) is 4.26. The predicted octanol–water partition coefficient (Wildman–Crippen LogP) is 15.0. The van der Waals surface area contributed by atoms with Gasteiger partial charge >= 0.3 is 0 Å². The van der Waals surface area contributed by atoms with Crippen molar-refractivity contribution in [2.45, 2.75) is 134 Å². The molecular formula is C56H61NO. The molecule has 4 saturated carbocycles. The van der Waals surface area contributed by atoms with Gasteiger partial charge in [0.05, 0.1) is 17.1 Å². The number of ether oxygens (including phenoxy) is 1. The maximum absolute atomic E-state index is 7.65. The van der Waals surface area contributed by atoms with Gasteiger partial charge in [-0.1, -0.05) is 134 Å². The van der Waals surface area contributed by atoms with E-state index in [1.165, 1.54) is 100 Å². The first kappa shape index (κ1) is 35.6.